The summed E-state index contributed by atoms with van der Waals surface area (Å²) in [6, 6.07) is 20.9. The van der Waals surface area contributed by atoms with Crippen LogP contribution in [-0.4, -0.2) is 26.2 Å². The van der Waals surface area contributed by atoms with E-state index in [0.29, 0.717) is 28.9 Å². The van der Waals surface area contributed by atoms with E-state index in [1.807, 2.05) is 73.0 Å². The molecule has 3 aromatic carbocycles. The Kier molecular flexibility index (Phi) is 7.95. The van der Waals surface area contributed by atoms with Gasteiger partial charge in [-0.2, -0.15) is 0 Å². The summed E-state index contributed by atoms with van der Waals surface area (Å²) >= 11 is 14.3. The molecule has 4 rings (SSSR count). The summed E-state index contributed by atoms with van der Waals surface area (Å²) in [7, 11) is 0. The standard InChI is InChI=1S/C25H22Cl2N4O3S/c1-16-8-10-18(11-9-16)15-34-24-21(26)12-19(13-22(24)27)23(14-30(32)33)35-25-29-28-17(2)31(25)20-6-4-3-5-7-20/h3-13,23H,14-15H2,1-2H3/t23-/m1/s1. The molecule has 0 saturated heterocycles. The maximum absolute atomic E-state index is 11.5. The fraction of sp³-hybridized carbons (Fsp3) is 0.200. The van der Waals surface area contributed by atoms with Gasteiger partial charge in [0.05, 0.1) is 10.0 Å². The number of hydrogen-bond acceptors (Lipinski definition) is 6. The summed E-state index contributed by atoms with van der Waals surface area (Å²) in [6.07, 6.45) is 0. The molecule has 0 aliphatic heterocycles. The summed E-state index contributed by atoms with van der Waals surface area (Å²) in [5.74, 6) is 1.01. The molecule has 0 radical (unpaired) electrons. The molecule has 1 heterocycles. The van der Waals surface area contributed by atoms with E-state index >= 15 is 0 Å². The first-order valence-corrected chi connectivity index (χ1v) is 12.4. The fourth-order valence-corrected chi connectivity index (χ4v) is 5.28. The van der Waals surface area contributed by atoms with Crippen molar-refractivity contribution >= 4 is 35.0 Å². The first-order valence-electron chi connectivity index (χ1n) is 10.7. The maximum atomic E-state index is 11.5. The van der Waals surface area contributed by atoms with Crippen LogP contribution in [0.25, 0.3) is 5.69 Å². The predicted molar refractivity (Wildman–Crippen MR) is 139 cm³/mol. The molecule has 1 aromatic heterocycles. The van der Waals surface area contributed by atoms with Gasteiger partial charge in [-0.05, 0) is 49.2 Å². The van der Waals surface area contributed by atoms with Gasteiger partial charge in [0.2, 0.25) is 6.54 Å². The van der Waals surface area contributed by atoms with E-state index in [9.17, 15) is 10.1 Å². The molecule has 0 bridgehead atoms. The zero-order chi connectivity index (χ0) is 24.9. The van der Waals surface area contributed by atoms with Gasteiger partial charge in [0.25, 0.3) is 0 Å². The van der Waals surface area contributed by atoms with Crippen LogP contribution >= 0.6 is 35.0 Å². The summed E-state index contributed by atoms with van der Waals surface area (Å²) in [6.45, 7) is 3.80. The fourth-order valence-electron chi connectivity index (χ4n) is 3.51. The number of halogens is 2. The normalized spacial score (nSPS) is 11.9. The van der Waals surface area contributed by atoms with Crippen LogP contribution in [0.3, 0.4) is 0 Å². The molecule has 0 fully saturated rings. The van der Waals surface area contributed by atoms with Crippen molar-refractivity contribution in [1.82, 2.24) is 14.8 Å². The third kappa shape index (κ3) is 6.14. The zero-order valence-electron chi connectivity index (χ0n) is 19.0. The van der Waals surface area contributed by atoms with Gasteiger partial charge in [-0.25, -0.2) is 0 Å². The number of nitrogens with zero attached hydrogens (tertiary/aromatic N) is 4. The summed E-state index contributed by atoms with van der Waals surface area (Å²) in [5, 5.41) is 20.5. The van der Waals surface area contributed by atoms with E-state index < -0.39 is 5.25 Å². The summed E-state index contributed by atoms with van der Waals surface area (Å²) in [4.78, 5) is 11.1. The molecule has 4 aromatic rings. The number of aryl methyl sites for hydroxylation is 2. The molecule has 7 nitrogen and oxygen atoms in total. The average molecular weight is 529 g/mol. The smallest absolute Gasteiger partial charge is 0.220 e. The van der Waals surface area contributed by atoms with Crippen LogP contribution in [0.4, 0.5) is 0 Å². The molecule has 0 spiro atoms. The molecule has 0 N–H and O–H groups in total. The van der Waals surface area contributed by atoms with Crippen molar-refractivity contribution in [3.8, 4) is 11.4 Å². The van der Waals surface area contributed by atoms with Crippen LogP contribution in [0.2, 0.25) is 10.0 Å². The Labute approximate surface area is 217 Å². The number of hydrogen-bond donors (Lipinski definition) is 0. The van der Waals surface area contributed by atoms with Crippen molar-refractivity contribution in [2.24, 2.45) is 0 Å². The Hall–Kier alpha value is -3.07. The molecule has 180 valence electrons. The Morgan fingerprint density at radius 2 is 1.69 bits per heavy atom. The third-order valence-corrected chi connectivity index (χ3v) is 7.01. The summed E-state index contributed by atoms with van der Waals surface area (Å²) in [5.41, 5.74) is 3.60. The minimum absolute atomic E-state index is 0.286. The predicted octanol–water partition coefficient (Wildman–Crippen LogP) is 6.88. The molecule has 0 amide bonds. The highest BCUT2D eigenvalue weighted by Gasteiger charge is 2.25. The lowest BCUT2D eigenvalue weighted by molar-refractivity contribution is -0.479. The first kappa shape index (κ1) is 25.0. The number of para-hydroxylation sites is 1. The van der Waals surface area contributed by atoms with Crippen LogP contribution in [0.15, 0.2) is 71.9 Å². The lowest BCUT2D eigenvalue weighted by atomic mass is 10.1. The second kappa shape index (κ2) is 11.1. The quantitative estimate of drug-likeness (QED) is 0.134. The van der Waals surface area contributed by atoms with Crippen molar-refractivity contribution < 1.29 is 9.66 Å². The highest BCUT2D eigenvalue weighted by molar-refractivity contribution is 7.99. The molecule has 10 heteroatoms. The van der Waals surface area contributed by atoms with Gasteiger partial charge in [0.15, 0.2) is 10.9 Å². The SMILES string of the molecule is Cc1ccc(COc2c(Cl)cc([C@@H](C[N+](=O)[O-])Sc3nnc(C)n3-c3ccccc3)cc2Cl)cc1. The third-order valence-electron chi connectivity index (χ3n) is 5.27. The van der Waals surface area contributed by atoms with Gasteiger partial charge >= 0.3 is 0 Å². The lowest BCUT2D eigenvalue weighted by Gasteiger charge is -2.17. The van der Waals surface area contributed by atoms with Crippen LogP contribution in [0.5, 0.6) is 5.75 Å². The number of aromatic nitrogens is 3. The zero-order valence-corrected chi connectivity index (χ0v) is 21.3. The summed E-state index contributed by atoms with van der Waals surface area (Å²) < 4.78 is 7.74. The Morgan fingerprint density at radius 1 is 1.03 bits per heavy atom. The van der Waals surface area contributed by atoms with Crippen LogP contribution in [0.1, 0.15) is 27.8 Å². The number of ether oxygens (including phenoxy) is 1. The topological polar surface area (TPSA) is 83.1 Å². The van der Waals surface area contributed by atoms with Gasteiger partial charge in [-0.1, -0.05) is 83.0 Å². The van der Waals surface area contributed by atoms with E-state index in [-0.39, 0.29) is 21.5 Å². The molecule has 0 unspecified atom stereocenters. The number of thioether (sulfide) groups is 1. The van der Waals surface area contributed by atoms with Crippen molar-refractivity contribution in [2.45, 2.75) is 30.9 Å². The number of rotatable bonds is 9. The largest absolute Gasteiger partial charge is 0.486 e. The van der Waals surface area contributed by atoms with E-state index in [2.05, 4.69) is 10.2 Å². The van der Waals surface area contributed by atoms with Gasteiger partial charge < -0.3 is 4.74 Å². The average Bonchev–Trinajstić information content (AvgIpc) is 3.19. The molecule has 0 saturated carbocycles. The Bertz CT molecular complexity index is 1310. The minimum Gasteiger partial charge on any atom is -0.486 e. The highest BCUT2D eigenvalue weighted by atomic mass is 35.5. The van der Waals surface area contributed by atoms with Crippen LogP contribution in [-0.2, 0) is 6.61 Å². The molecule has 1 atom stereocenters. The Balaban J connectivity index is 1.61. The molecule has 35 heavy (non-hydrogen) atoms. The minimum atomic E-state index is -0.600. The highest BCUT2D eigenvalue weighted by Crippen LogP contribution is 2.42. The van der Waals surface area contributed by atoms with Crippen LogP contribution in [0, 0.1) is 24.0 Å². The van der Waals surface area contributed by atoms with Gasteiger partial charge in [-0.15, -0.1) is 10.2 Å². The van der Waals surface area contributed by atoms with Crippen molar-refractivity contribution in [1.29, 1.82) is 0 Å². The van der Waals surface area contributed by atoms with Crippen molar-refractivity contribution in [3.05, 3.63) is 109 Å². The molecular formula is C25H22Cl2N4O3S. The lowest BCUT2D eigenvalue weighted by Crippen LogP contribution is -2.11. The Morgan fingerprint density at radius 3 is 2.31 bits per heavy atom. The van der Waals surface area contributed by atoms with E-state index in [1.165, 1.54) is 11.8 Å². The first-order chi connectivity index (χ1) is 16.8. The molecule has 0 aliphatic rings. The van der Waals surface area contributed by atoms with E-state index in [1.54, 1.807) is 12.1 Å². The van der Waals surface area contributed by atoms with Gasteiger partial charge in [0.1, 0.15) is 17.7 Å². The van der Waals surface area contributed by atoms with Gasteiger partial charge in [-0.3, -0.25) is 14.7 Å². The van der Waals surface area contributed by atoms with Crippen molar-refractivity contribution in [3.63, 3.8) is 0 Å². The van der Waals surface area contributed by atoms with Gasteiger partial charge in [0, 0.05) is 10.6 Å². The monoisotopic (exact) mass is 528 g/mol. The van der Waals surface area contributed by atoms with E-state index in [0.717, 1.165) is 16.8 Å². The van der Waals surface area contributed by atoms with E-state index in [4.69, 9.17) is 27.9 Å². The second-order valence-electron chi connectivity index (χ2n) is 7.91. The second-order valence-corrected chi connectivity index (χ2v) is 9.89. The van der Waals surface area contributed by atoms with Crippen LogP contribution < -0.4 is 4.74 Å². The number of nitro groups is 1. The molecular weight excluding hydrogens is 507 g/mol. The number of benzene rings is 3. The maximum Gasteiger partial charge on any atom is 0.220 e. The van der Waals surface area contributed by atoms with Crippen molar-refractivity contribution in [2.75, 3.05) is 6.54 Å². The molecule has 0 aliphatic carbocycles.